The quantitative estimate of drug-likeness (QED) is 0.908. The predicted octanol–water partition coefficient (Wildman–Crippen LogP) is 4.06. The van der Waals surface area contributed by atoms with Crippen molar-refractivity contribution in [2.75, 3.05) is 13.1 Å². The van der Waals surface area contributed by atoms with Crippen molar-refractivity contribution in [1.29, 1.82) is 0 Å². The standard InChI is InChI=1S/C19H26N2O/c1-3-6-19(22)21-11-9-15(10-12-21)13-17-14(2)20-18-8-5-4-7-16(17)18/h4-5,7-8,15,20H,3,6,9-13H2,1-2H3. The Morgan fingerprint density at radius 1 is 1.27 bits per heavy atom. The molecule has 0 bridgehead atoms. The maximum absolute atomic E-state index is 12.0. The number of rotatable bonds is 4. The zero-order chi connectivity index (χ0) is 15.5. The van der Waals surface area contributed by atoms with Gasteiger partial charge in [0.1, 0.15) is 0 Å². The highest BCUT2D eigenvalue weighted by Gasteiger charge is 2.23. The van der Waals surface area contributed by atoms with Gasteiger partial charge in [0.25, 0.3) is 0 Å². The summed E-state index contributed by atoms with van der Waals surface area (Å²) in [7, 11) is 0. The van der Waals surface area contributed by atoms with Crippen molar-refractivity contribution in [3.8, 4) is 0 Å². The second-order valence-electron chi connectivity index (χ2n) is 6.55. The van der Waals surface area contributed by atoms with Crippen LogP contribution in [-0.4, -0.2) is 28.9 Å². The molecular weight excluding hydrogens is 272 g/mol. The van der Waals surface area contributed by atoms with Gasteiger partial charge in [-0.05, 0) is 50.2 Å². The highest BCUT2D eigenvalue weighted by molar-refractivity contribution is 5.84. The normalized spacial score (nSPS) is 16.4. The van der Waals surface area contributed by atoms with Crippen LogP contribution in [0.4, 0.5) is 0 Å². The van der Waals surface area contributed by atoms with Gasteiger partial charge in [0.15, 0.2) is 0 Å². The summed E-state index contributed by atoms with van der Waals surface area (Å²) in [5.74, 6) is 1.04. The molecule has 1 amide bonds. The molecule has 1 fully saturated rings. The maximum atomic E-state index is 12.0. The summed E-state index contributed by atoms with van der Waals surface area (Å²) in [6.07, 6.45) is 5.05. The zero-order valence-electron chi connectivity index (χ0n) is 13.7. The van der Waals surface area contributed by atoms with Crippen molar-refractivity contribution in [2.24, 2.45) is 5.92 Å². The fourth-order valence-corrected chi connectivity index (χ4v) is 3.64. The highest BCUT2D eigenvalue weighted by Crippen LogP contribution is 2.28. The Hall–Kier alpha value is -1.77. The van der Waals surface area contributed by atoms with Gasteiger partial charge in [-0.25, -0.2) is 0 Å². The van der Waals surface area contributed by atoms with Gasteiger partial charge >= 0.3 is 0 Å². The third-order valence-corrected chi connectivity index (χ3v) is 4.95. The Morgan fingerprint density at radius 3 is 2.73 bits per heavy atom. The summed E-state index contributed by atoms with van der Waals surface area (Å²) >= 11 is 0. The van der Waals surface area contributed by atoms with Gasteiger partial charge < -0.3 is 9.88 Å². The van der Waals surface area contributed by atoms with E-state index in [4.69, 9.17) is 0 Å². The van der Waals surface area contributed by atoms with E-state index in [1.165, 1.54) is 22.2 Å². The molecule has 3 nitrogen and oxygen atoms in total. The van der Waals surface area contributed by atoms with E-state index in [0.717, 1.165) is 38.8 Å². The number of piperidine rings is 1. The number of hydrogen-bond acceptors (Lipinski definition) is 1. The number of aromatic nitrogens is 1. The summed E-state index contributed by atoms with van der Waals surface area (Å²) in [5, 5.41) is 1.37. The molecule has 22 heavy (non-hydrogen) atoms. The number of nitrogens with one attached hydrogen (secondary N) is 1. The van der Waals surface area contributed by atoms with E-state index in [0.29, 0.717) is 18.2 Å². The number of aromatic amines is 1. The van der Waals surface area contributed by atoms with Crippen LogP contribution in [0.1, 0.15) is 43.9 Å². The monoisotopic (exact) mass is 298 g/mol. The number of carbonyl (C=O) groups is 1. The van der Waals surface area contributed by atoms with Crippen LogP contribution in [-0.2, 0) is 11.2 Å². The maximum Gasteiger partial charge on any atom is 0.222 e. The lowest BCUT2D eigenvalue weighted by molar-refractivity contribution is -0.132. The minimum absolute atomic E-state index is 0.337. The molecule has 3 heteroatoms. The van der Waals surface area contributed by atoms with E-state index in [9.17, 15) is 4.79 Å². The molecule has 1 aromatic heterocycles. The second-order valence-corrected chi connectivity index (χ2v) is 6.55. The van der Waals surface area contributed by atoms with Crippen molar-refractivity contribution >= 4 is 16.8 Å². The Kier molecular flexibility index (Phi) is 4.51. The number of carbonyl (C=O) groups excluding carboxylic acids is 1. The van der Waals surface area contributed by atoms with Gasteiger partial charge in [-0.3, -0.25) is 4.79 Å². The van der Waals surface area contributed by atoms with Gasteiger partial charge in [0.2, 0.25) is 5.91 Å². The zero-order valence-corrected chi connectivity index (χ0v) is 13.7. The summed E-state index contributed by atoms with van der Waals surface area (Å²) in [6.45, 7) is 6.12. The molecule has 0 atom stereocenters. The van der Waals surface area contributed by atoms with Crippen molar-refractivity contribution in [3.63, 3.8) is 0 Å². The predicted molar refractivity (Wildman–Crippen MR) is 91.0 cm³/mol. The van der Waals surface area contributed by atoms with Gasteiger partial charge in [-0.2, -0.15) is 0 Å². The number of fused-ring (bicyclic) bond motifs is 1. The minimum atomic E-state index is 0.337. The second kappa shape index (κ2) is 6.55. The van der Waals surface area contributed by atoms with Crippen LogP contribution in [0.3, 0.4) is 0 Å². The molecule has 1 aliphatic rings. The van der Waals surface area contributed by atoms with Gasteiger partial charge in [0, 0.05) is 36.1 Å². The molecule has 0 aliphatic carbocycles. The van der Waals surface area contributed by atoms with Crippen molar-refractivity contribution in [1.82, 2.24) is 9.88 Å². The van der Waals surface area contributed by atoms with Crippen LogP contribution in [0.2, 0.25) is 0 Å². The fourth-order valence-electron chi connectivity index (χ4n) is 3.64. The SMILES string of the molecule is CCCC(=O)N1CCC(Cc2c(C)[nH]c3ccccc23)CC1. The molecule has 0 unspecified atom stereocenters. The fraction of sp³-hybridized carbons (Fsp3) is 0.526. The van der Waals surface area contributed by atoms with E-state index < -0.39 is 0 Å². The molecular formula is C19H26N2O. The van der Waals surface area contributed by atoms with E-state index in [-0.39, 0.29) is 0 Å². The first-order valence-corrected chi connectivity index (χ1v) is 8.53. The third-order valence-electron chi connectivity index (χ3n) is 4.95. The number of amides is 1. The average Bonchev–Trinajstić information content (AvgIpc) is 2.84. The Morgan fingerprint density at radius 2 is 2.00 bits per heavy atom. The van der Waals surface area contributed by atoms with Gasteiger partial charge in [-0.15, -0.1) is 0 Å². The number of benzene rings is 1. The smallest absolute Gasteiger partial charge is 0.222 e. The number of para-hydroxylation sites is 1. The summed E-state index contributed by atoms with van der Waals surface area (Å²) < 4.78 is 0. The third kappa shape index (κ3) is 3.03. The molecule has 1 N–H and O–H groups in total. The molecule has 2 heterocycles. The Balaban J connectivity index is 1.65. The molecule has 118 valence electrons. The average molecular weight is 298 g/mol. The molecule has 2 aromatic rings. The minimum Gasteiger partial charge on any atom is -0.358 e. The lowest BCUT2D eigenvalue weighted by Gasteiger charge is -2.32. The number of likely N-dealkylation sites (tertiary alicyclic amines) is 1. The highest BCUT2D eigenvalue weighted by atomic mass is 16.2. The molecule has 0 radical (unpaired) electrons. The molecule has 0 spiro atoms. The van der Waals surface area contributed by atoms with Crippen LogP contribution >= 0.6 is 0 Å². The van der Waals surface area contributed by atoms with E-state index in [1.54, 1.807) is 0 Å². The van der Waals surface area contributed by atoms with E-state index in [1.807, 2.05) is 0 Å². The first-order valence-electron chi connectivity index (χ1n) is 8.53. The van der Waals surface area contributed by atoms with Crippen LogP contribution in [0.25, 0.3) is 10.9 Å². The number of H-pyrrole nitrogens is 1. The van der Waals surface area contributed by atoms with E-state index >= 15 is 0 Å². The van der Waals surface area contributed by atoms with Gasteiger partial charge in [-0.1, -0.05) is 25.1 Å². The lowest BCUT2D eigenvalue weighted by Crippen LogP contribution is -2.38. The topological polar surface area (TPSA) is 36.1 Å². The lowest BCUT2D eigenvalue weighted by atomic mass is 9.89. The first kappa shape index (κ1) is 15.1. The van der Waals surface area contributed by atoms with Crippen molar-refractivity contribution in [2.45, 2.75) is 46.0 Å². The van der Waals surface area contributed by atoms with Gasteiger partial charge in [0.05, 0.1) is 0 Å². The first-order chi connectivity index (χ1) is 10.7. The number of hydrogen-bond donors (Lipinski definition) is 1. The molecule has 3 rings (SSSR count). The van der Waals surface area contributed by atoms with Crippen LogP contribution in [0.15, 0.2) is 24.3 Å². The Bertz CT molecular complexity index is 650. The summed E-state index contributed by atoms with van der Waals surface area (Å²) in [5.41, 5.74) is 4.00. The molecule has 0 saturated carbocycles. The van der Waals surface area contributed by atoms with Crippen LogP contribution in [0.5, 0.6) is 0 Å². The molecule has 1 aromatic carbocycles. The van der Waals surface area contributed by atoms with Crippen LogP contribution in [0, 0.1) is 12.8 Å². The number of nitrogens with zero attached hydrogens (tertiary/aromatic N) is 1. The number of aryl methyl sites for hydroxylation is 1. The summed E-state index contributed by atoms with van der Waals surface area (Å²) in [6, 6.07) is 8.57. The molecule has 1 saturated heterocycles. The van der Waals surface area contributed by atoms with Crippen molar-refractivity contribution in [3.05, 3.63) is 35.5 Å². The van der Waals surface area contributed by atoms with Crippen LogP contribution < -0.4 is 0 Å². The molecule has 1 aliphatic heterocycles. The largest absolute Gasteiger partial charge is 0.358 e. The van der Waals surface area contributed by atoms with E-state index in [2.05, 4.69) is 48.0 Å². The Labute approximate surface area is 132 Å². The van der Waals surface area contributed by atoms with Crippen molar-refractivity contribution < 1.29 is 4.79 Å². The summed E-state index contributed by atoms with van der Waals surface area (Å²) in [4.78, 5) is 17.5.